The fraction of sp³-hybridized carbons (Fsp3) is 0.300. The first-order chi connectivity index (χ1) is 14.8. The largest absolute Gasteiger partial charge is 0.573 e. The third-order valence-electron chi connectivity index (χ3n) is 4.02. The van der Waals surface area contributed by atoms with Crippen LogP contribution in [-0.4, -0.2) is 38.7 Å². The van der Waals surface area contributed by atoms with Crippen LogP contribution in [0.1, 0.15) is 36.8 Å². The first-order valence-electron chi connectivity index (χ1n) is 9.33. The summed E-state index contributed by atoms with van der Waals surface area (Å²) in [6.45, 7) is 5.01. The van der Waals surface area contributed by atoms with Crippen LogP contribution in [0.2, 0.25) is 0 Å². The number of ether oxygens (including phenoxy) is 2. The predicted octanol–water partition coefficient (Wildman–Crippen LogP) is 3.44. The monoisotopic (exact) mass is 451 g/mol. The summed E-state index contributed by atoms with van der Waals surface area (Å²) in [6.07, 6.45) is -4.16. The number of hydrogen-bond donors (Lipinski definition) is 2. The van der Waals surface area contributed by atoms with Crippen LogP contribution in [0.15, 0.2) is 36.5 Å². The van der Waals surface area contributed by atoms with Crippen molar-refractivity contribution in [2.24, 2.45) is 5.73 Å². The van der Waals surface area contributed by atoms with Crippen molar-refractivity contribution in [3.63, 3.8) is 0 Å². The molecule has 3 rings (SSSR count). The van der Waals surface area contributed by atoms with Crippen molar-refractivity contribution in [1.29, 1.82) is 0 Å². The summed E-state index contributed by atoms with van der Waals surface area (Å²) in [6, 6.07) is 6.34. The molecule has 9 nitrogen and oxygen atoms in total. The van der Waals surface area contributed by atoms with E-state index in [2.05, 4.69) is 20.1 Å². The molecule has 0 aliphatic heterocycles. The van der Waals surface area contributed by atoms with Gasteiger partial charge in [0.15, 0.2) is 5.65 Å². The molecule has 0 spiro atoms. The van der Waals surface area contributed by atoms with Crippen LogP contribution in [0.5, 0.6) is 5.75 Å². The van der Waals surface area contributed by atoms with Gasteiger partial charge in [0.25, 0.3) is 0 Å². The zero-order chi connectivity index (χ0) is 23.7. The van der Waals surface area contributed by atoms with E-state index >= 15 is 0 Å². The first-order valence-corrected chi connectivity index (χ1v) is 9.33. The molecule has 0 aliphatic carbocycles. The Morgan fingerprint density at radius 3 is 2.34 bits per heavy atom. The van der Waals surface area contributed by atoms with Gasteiger partial charge >= 0.3 is 12.5 Å². The van der Waals surface area contributed by atoms with Gasteiger partial charge in [0.2, 0.25) is 5.91 Å². The number of aromatic nitrogens is 3. The summed E-state index contributed by atoms with van der Waals surface area (Å²) in [5.41, 5.74) is 5.73. The highest BCUT2D eigenvalue weighted by Crippen LogP contribution is 2.27. The Morgan fingerprint density at radius 1 is 1.12 bits per heavy atom. The van der Waals surface area contributed by atoms with E-state index in [0.29, 0.717) is 11.1 Å². The van der Waals surface area contributed by atoms with E-state index in [9.17, 15) is 22.8 Å². The smallest absolute Gasteiger partial charge is 0.444 e. The molecule has 12 heteroatoms. The molecule has 2 aromatic heterocycles. The number of nitrogens with zero attached hydrogens (tertiary/aromatic N) is 3. The standard InChI is InChI=1S/C20H20F3N5O4/c1-19(2,3)32-18(30)26-10-14-15-13(16(24)29)8-9-25-17(15)28(27-14)11-4-6-12(7-5-11)31-20(21,22)23/h4-9H,10H2,1-3H3,(H2,24,29)(H,26,30). The molecule has 32 heavy (non-hydrogen) atoms. The molecule has 0 unspecified atom stereocenters. The minimum atomic E-state index is -4.82. The van der Waals surface area contributed by atoms with E-state index in [1.165, 1.54) is 29.1 Å². The molecule has 2 amide bonds. The molecular weight excluding hydrogens is 431 g/mol. The molecule has 0 atom stereocenters. The SMILES string of the molecule is CC(C)(C)OC(=O)NCc1nn(-c2ccc(OC(F)(F)F)cc2)c2nccc(C(N)=O)c12. The summed E-state index contributed by atoms with van der Waals surface area (Å²) >= 11 is 0. The maximum absolute atomic E-state index is 12.4. The number of hydrogen-bond acceptors (Lipinski definition) is 6. The minimum absolute atomic E-state index is 0.111. The van der Waals surface area contributed by atoms with E-state index in [0.717, 1.165) is 12.1 Å². The number of halogens is 3. The van der Waals surface area contributed by atoms with Crippen molar-refractivity contribution < 1.29 is 32.2 Å². The molecule has 170 valence electrons. The van der Waals surface area contributed by atoms with Crippen molar-refractivity contribution in [2.75, 3.05) is 0 Å². The molecule has 0 aliphatic rings. The van der Waals surface area contributed by atoms with Crippen LogP contribution >= 0.6 is 0 Å². The third-order valence-corrected chi connectivity index (χ3v) is 4.02. The van der Waals surface area contributed by atoms with Crippen LogP contribution < -0.4 is 15.8 Å². The van der Waals surface area contributed by atoms with Gasteiger partial charge in [-0.25, -0.2) is 14.5 Å². The van der Waals surface area contributed by atoms with E-state index in [-0.39, 0.29) is 23.4 Å². The summed E-state index contributed by atoms with van der Waals surface area (Å²) in [5.74, 6) is -1.14. The van der Waals surface area contributed by atoms with Crippen molar-refractivity contribution in [3.05, 3.63) is 47.8 Å². The third kappa shape index (κ3) is 5.45. The Morgan fingerprint density at radius 2 is 1.78 bits per heavy atom. The molecule has 0 fully saturated rings. The van der Waals surface area contributed by atoms with E-state index in [1.807, 2.05) is 0 Å². The highest BCUT2D eigenvalue weighted by atomic mass is 19.4. The summed E-state index contributed by atoms with van der Waals surface area (Å²) in [4.78, 5) is 28.2. The Hall–Kier alpha value is -3.83. The van der Waals surface area contributed by atoms with Crippen LogP contribution in [0.25, 0.3) is 16.7 Å². The van der Waals surface area contributed by atoms with Gasteiger partial charge in [0, 0.05) is 6.20 Å². The molecular formula is C20H20F3N5O4. The van der Waals surface area contributed by atoms with Crippen LogP contribution in [-0.2, 0) is 11.3 Å². The Kier molecular flexibility index (Phi) is 5.97. The number of nitrogens with two attached hydrogens (primary N) is 1. The fourth-order valence-electron chi connectivity index (χ4n) is 2.88. The highest BCUT2D eigenvalue weighted by Gasteiger charge is 2.31. The lowest BCUT2D eigenvalue weighted by molar-refractivity contribution is -0.274. The highest BCUT2D eigenvalue weighted by molar-refractivity contribution is 6.05. The van der Waals surface area contributed by atoms with Gasteiger partial charge in [-0.05, 0) is 51.1 Å². The zero-order valence-electron chi connectivity index (χ0n) is 17.4. The topological polar surface area (TPSA) is 121 Å². The van der Waals surface area contributed by atoms with Crippen molar-refractivity contribution in [1.82, 2.24) is 20.1 Å². The maximum Gasteiger partial charge on any atom is 0.573 e. The van der Waals surface area contributed by atoms with Crippen LogP contribution in [0.3, 0.4) is 0 Å². The molecule has 3 N–H and O–H groups in total. The van der Waals surface area contributed by atoms with Crippen molar-refractivity contribution in [3.8, 4) is 11.4 Å². The lowest BCUT2D eigenvalue weighted by atomic mass is 10.1. The predicted molar refractivity (Wildman–Crippen MR) is 107 cm³/mol. The number of carbonyl (C=O) groups excluding carboxylic acids is 2. The Labute approximate surface area is 180 Å². The number of carbonyl (C=O) groups is 2. The molecule has 0 bridgehead atoms. The number of rotatable bonds is 5. The van der Waals surface area contributed by atoms with Gasteiger partial charge in [-0.2, -0.15) is 5.10 Å². The fourth-order valence-corrected chi connectivity index (χ4v) is 2.88. The minimum Gasteiger partial charge on any atom is -0.444 e. The van der Waals surface area contributed by atoms with E-state index in [4.69, 9.17) is 10.5 Å². The molecule has 0 radical (unpaired) electrons. The molecule has 1 aromatic carbocycles. The Bertz CT molecular complexity index is 1150. The summed E-state index contributed by atoms with van der Waals surface area (Å²) < 4.78 is 47.6. The average molecular weight is 451 g/mol. The normalized spacial score (nSPS) is 11.9. The summed E-state index contributed by atoms with van der Waals surface area (Å²) in [7, 11) is 0. The van der Waals surface area contributed by atoms with Gasteiger partial charge in [0.1, 0.15) is 11.4 Å². The zero-order valence-corrected chi connectivity index (χ0v) is 17.4. The van der Waals surface area contributed by atoms with Gasteiger partial charge in [0.05, 0.1) is 28.9 Å². The molecule has 0 saturated heterocycles. The average Bonchev–Trinajstić information content (AvgIpc) is 3.03. The van der Waals surface area contributed by atoms with Gasteiger partial charge < -0.3 is 20.5 Å². The second-order valence-corrected chi connectivity index (χ2v) is 7.68. The van der Waals surface area contributed by atoms with Crippen molar-refractivity contribution in [2.45, 2.75) is 39.3 Å². The number of alkyl carbamates (subject to hydrolysis) is 1. The molecule has 3 aromatic rings. The Balaban J connectivity index is 2.00. The lowest BCUT2D eigenvalue weighted by Crippen LogP contribution is -2.32. The summed E-state index contributed by atoms with van der Waals surface area (Å²) in [5, 5.41) is 7.24. The number of fused-ring (bicyclic) bond motifs is 1. The number of primary amides is 1. The van der Waals surface area contributed by atoms with Gasteiger partial charge in [-0.1, -0.05) is 0 Å². The van der Waals surface area contributed by atoms with Gasteiger partial charge in [-0.3, -0.25) is 4.79 Å². The van der Waals surface area contributed by atoms with Crippen LogP contribution in [0.4, 0.5) is 18.0 Å². The van der Waals surface area contributed by atoms with Crippen LogP contribution in [0, 0.1) is 0 Å². The van der Waals surface area contributed by atoms with E-state index in [1.54, 1.807) is 20.8 Å². The second-order valence-electron chi connectivity index (χ2n) is 7.68. The van der Waals surface area contributed by atoms with Gasteiger partial charge in [-0.15, -0.1) is 13.2 Å². The number of benzene rings is 1. The number of pyridine rings is 1. The first kappa shape index (κ1) is 22.8. The molecule has 0 saturated carbocycles. The van der Waals surface area contributed by atoms with E-state index < -0.39 is 29.7 Å². The lowest BCUT2D eigenvalue weighted by Gasteiger charge is -2.19. The maximum atomic E-state index is 12.4. The number of nitrogens with one attached hydrogen (secondary N) is 1. The van der Waals surface area contributed by atoms with Crippen molar-refractivity contribution >= 4 is 23.0 Å². The quantitative estimate of drug-likeness (QED) is 0.613. The number of alkyl halides is 3. The number of amides is 2. The molecule has 2 heterocycles. The second kappa shape index (κ2) is 8.36.